The summed E-state index contributed by atoms with van der Waals surface area (Å²) in [6.07, 6.45) is 0.736. The van der Waals surface area contributed by atoms with Crippen molar-refractivity contribution in [3.63, 3.8) is 0 Å². The van der Waals surface area contributed by atoms with Gasteiger partial charge in [-0.15, -0.1) is 11.3 Å². The van der Waals surface area contributed by atoms with Gasteiger partial charge in [-0.1, -0.05) is 24.3 Å². The molecule has 0 saturated carbocycles. The molecule has 0 unspecified atom stereocenters. The number of anilines is 1. The van der Waals surface area contributed by atoms with Gasteiger partial charge in [0.05, 0.1) is 28.4 Å². The van der Waals surface area contributed by atoms with Gasteiger partial charge in [-0.3, -0.25) is 9.59 Å². The smallest absolute Gasteiger partial charge is 0.276 e. The van der Waals surface area contributed by atoms with Crippen LogP contribution in [0.15, 0.2) is 65.5 Å². The number of benzene rings is 2. The number of ether oxygens (including phenoxy) is 1. The Hall–Kier alpha value is -3.36. The summed E-state index contributed by atoms with van der Waals surface area (Å²) in [6, 6.07) is 18.5. The molecule has 7 nitrogen and oxygen atoms in total. The maximum Gasteiger partial charge on any atom is 0.276 e. The molecule has 152 valence electrons. The number of nitrogens with zero attached hydrogens (tertiary/aromatic N) is 3. The summed E-state index contributed by atoms with van der Waals surface area (Å²) in [5, 5.41) is 7.97. The molecule has 8 heteroatoms. The summed E-state index contributed by atoms with van der Waals surface area (Å²) in [6.45, 7) is 0.630. The Morgan fingerprint density at radius 1 is 1.10 bits per heavy atom. The first kappa shape index (κ1) is 19.9. The van der Waals surface area contributed by atoms with Gasteiger partial charge in [-0.05, 0) is 35.9 Å². The van der Waals surface area contributed by atoms with Crippen molar-refractivity contribution >= 4 is 33.1 Å². The Balaban J connectivity index is 1.43. The minimum atomic E-state index is -0.375. The van der Waals surface area contributed by atoms with Crippen LogP contribution in [0.1, 0.15) is 21.1 Å². The topological polar surface area (TPSA) is 86.1 Å². The molecule has 4 rings (SSSR count). The number of thiazole rings is 1. The van der Waals surface area contributed by atoms with E-state index < -0.39 is 0 Å². The predicted octanol–water partition coefficient (Wildman–Crippen LogP) is 3.34. The summed E-state index contributed by atoms with van der Waals surface area (Å²) in [7, 11) is 1.54. The van der Waals surface area contributed by atoms with E-state index in [0.717, 1.165) is 22.5 Å². The molecule has 30 heavy (non-hydrogen) atoms. The highest BCUT2D eigenvalue weighted by Gasteiger charge is 2.11. The van der Waals surface area contributed by atoms with Crippen LogP contribution >= 0.6 is 11.3 Å². The number of hydrogen-bond acceptors (Lipinski definition) is 6. The Morgan fingerprint density at radius 2 is 1.90 bits per heavy atom. The average Bonchev–Trinajstić information content (AvgIpc) is 3.17. The molecule has 0 saturated heterocycles. The third-order valence-electron chi connectivity index (χ3n) is 4.51. The minimum Gasteiger partial charge on any atom is -0.383 e. The number of nitrogens with one attached hydrogen (secondary N) is 1. The van der Waals surface area contributed by atoms with Crippen molar-refractivity contribution in [3.8, 4) is 0 Å². The Bertz CT molecular complexity index is 1200. The van der Waals surface area contributed by atoms with Crippen LogP contribution in [0.2, 0.25) is 0 Å². The molecule has 0 fully saturated rings. The summed E-state index contributed by atoms with van der Waals surface area (Å²) in [5.74, 6) is -0.375. The largest absolute Gasteiger partial charge is 0.383 e. The van der Waals surface area contributed by atoms with Crippen LogP contribution < -0.4 is 10.9 Å². The summed E-state index contributed by atoms with van der Waals surface area (Å²) < 4.78 is 7.36. The highest BCUT2D eigenvalue weighted by Crippen LogP contribution is 2.24. The Kier molecular flexibility index (Phi) is 5.97. The summed E-state index contributed by atoms with van der Waals surface area (Å²) in [4.78, 5) is 29.0. The van der Waals surface area contributed by atoms with Gasteiger partial charge in [0.2, 0.25) is 0 Å². The lowest BCUT2D eigenvalue weighted by Gasteiger charge is -2.08. The third kappa shape index (κ3) is 4.61. The third-order valence-corrected chi connectivity index (χ3v) is 5.55. The van der Waals surface area contributed by atoms with Crippen LogP contribution in [0.5, 0.6) is 0 Å². The molecule has 0 radical (unpaired) electrons. The van der Waals surface area contributed by atoms with E-state index in [4.69, 9.17) is 4.74 Å². The number of methoxy groups -OCH3 is 1. The number of rotatable bonds is 7. The van der Waals surface area contributed by atoms with E-state index >= 15 is 0 Å². The van der Waals surface area contributed by atoms with Gasteiger partial charge >= 0.3 is 0 Å². The second-order valence-electron chi connectivity index (χ2n) is 6.68. The number of fused-ring (bicyclic) bond motifs is 1. The van der Waals surface area contributed by atoms with Crippen LogP contribution in [0.4, 0.5) is 5.69 Å². The molecule has 1 amide bonds. The number of carbonyl (C=O) groups excluding carboxylic acids is 1. The van der Waals surface area contributed by atoms with E-state index in [1.54, 1.807) is 18.4 Å². The van der Waals surface area contributed by atoms with Crippen LogP contribution in [-0.2, 0) is 17.7 Å². The first-order valence-corrected chi connectivity index (χ1v) is 10.3. The average molecular weight is 420 g/mol. The second-order valence-corrected chi connectivity index (χ2v) is 7.79. The van der Waals surface area contributed by atoms with Crippen molar-refractivity contribution in [3.05, 3.63) is 87.3 Å². The lowest BCUT2D eigenvalue weighted by Crippen LogP contribution is -2.27. The Labute approximate surface area is 177 Å². The lowest BCUT2D eigenvalue weighted by atomic mass is 10.1. The number of aromatic nitrogens is 3. The van der Waals surface area contributed by atoms with Crippen LogP contribution in [0, 0.1) is 0 Å². The molecular weight excluding hydrogens is 400 g/mol. The van der Waals surface area contributed by atoms with Crippen LogP contribution in [-0.4, -0.2) is 34.4 Å². The molecule has 2 aromatic heterocycles. The normalized spacial score (nSPS) is 11.0. The van der Waals surface area contributed by atoms with Crippen molar-refractivity contribution in [2.24, 2.45) is 0 Å². The number of amides is 1. The monoisotopic (exact) mass is 420 g/mol. The van der Waals surface area contributed by atoms with Crippen LogP contribution in [0.3, 0.4) is 0 Å². The van der Waals surface area contributed by atoms with Crippen molar-refractivity contribution in [1.82, 2.24) is 14.8 Å². The van der Waals surface area contributed by atoms with Gasteiger partial charge in [-0.2, -0.15) is 5.10 Å². The zero-order valence-electron chi connectivity index (χ0n) is 16.4. The standard InChI is InChI=1S/C22H20N4O3S/c1-29-13-12-26-21(27)11-10-18(25-26)22(28)23-16-8-6-15(7-9-16)14-20-24-17-4-2-3-5-19(17)30-20/h2-11H,12-14H2,1H3,(H,23,28). The van der Waals surface area contributed by atoms with Crippen LogP contribution in [0.25, 0.3) is 10.2 Å². The van der Waals surface area contributed by atoms with Gasteiger partial charge in [0, 0.05) is 25.3 Å². The zero-order valence-corrected chi connectivity index (χ0v) is 17.2. The number of carbonyl (C=O) groups is 1. The summed E-state index contributed by atoms with van der Waals surface area (Å²) >= 11 is 1.69. The van der Waals surface area contributed by atoms with E-state index in [9.17, 15) is 9.59 Å². The van der Waals surface area contributed by atoms with E-state index in [2.05, 4.69) is 21.5 Å². The first-order chi connectivity index (χ1) is 14.6. The highest BCUT2D eigenvalue weighted by atomic mass is 32.1. The number of para-hydroxylation sites is 1. The maximum absolute atomic E-state index is 12.5. The zero-order chi connectivity index (χ0) is 20.9. The van der Waals surface area contributed by atoms with Crippen molar-refractivity contribution < 1.29 is 9.53 Å². The first-order valence-electron chi connectivity index (χ1n) is 9.44. The molecule has 2 aromatic carbocycles. The van der Waals surface area contributed by atoms with Gasteiger partial charge in [0.25, 0.3) is 11.5 Å². The lowest BCUT2D eigenvalue weighted by molar-refractivity contribution is 0.101. The van der Waals surface area contributed by atoms with E-state index in [-0.39, 0.29) is 23.7 Å². The van der Waals surface area contributed by atoms with Crippen molar-refractivity contribution in [1.29, 1.82) is 0 Å². The SMILES string of the molecule is COCCn1nc(C(=O)Nc2ccc(Cc3nc4ccccc4s3)cc2)ccc1=O. The van der Waals surface area contributed by atoms with Gasteiger partial charge in [0.1, 0.15) is 5.69 Å². The van der Waals surface area contributed by atoms with E-state index in [1.165, 1.54) is 21.5 Å². The van der Waals surface area contributed by atoms with Gasteiger partial charge in [0.15, 0.2) is 0 Å². The van der Waals surface area contributed by atoms with Gasteiger partial charge in [-0.25, -0.2) is 9.67 Å². The second kappa shape index (κ2) is 8.98. The molecule has 0 aliphatic carbocycles. The van der Waals surface area contributed by atoms with E-state index in [1.807, 2.05) is 42.5 Å². The fraction of sp³-hybridized carbons (Fsp3) is 0.182. The fourth-order valence-corrected chi connectivity index (χ4v) is 3.98. The maximum atomic E-state index is 12.5. The number of hydrogen-bond donors (Lipinski definition) is 1. The molecule has 0 aliphatic heterocycles. The molecule has 2 heterocycles. The molecular formula is C22H20N4O3S. The van der Waals surface area contributed by atoms with E-state index in [0.29, 0.717) is 12.3 Å². The molecule has 0 atom stereocenters. The predicted molar refractivity (Wildman–Crippen MR) is 117 cm³/mol. The van der Waals surface area contributed by atoms with Crippen molar-refractivity contribution in [2.45, 2.75) is 13.0 Å². The highest BCUT2D eigenvalue weighted by molar-refractivity contribution is 7.18. The fourth-order valence-electron chi connectivity index (χ4n) is 2.98. The quantitative estimate of drug-likeness (QED) is 0.496. The molecule has 0 aliphatic rings. The minimum absolute atomic E-state index is 0.171. The molecule has 0 spiro atoms. The molecule has 0 bridgehead atoms. The van der Waals surface area contributed by atoms with Gasteiger partial charge < -0.3 is 10.1 Å². The molecule has 4 aromatic rings. The Morgan fingerprint density at radius 3 is 2.67 bits per heavy atom. The molecule has 1 N–H and O–H groups in total. The summed E-state index contributed by atoms with van der Waals surface area (Å²) in [5.41, 5.74) is 2.68. The van der Waals surface area contributed by atoms with Crippen molar-refractivity contribution in [2.75, 3.05) is 19.0 Å².